The Hall–Kier alpha value is -0.810. The minimum Gasteiger partial charge on any atom is -0.355 e. The number of piperidine rings is 2. The van der Waals surface area contributed by atoms with Gasteiger partial charge in [-0.15, -0.1) is 0 Å². The Morgan fingerprint density at radius 1 is 1.00 bits per heavy atom. The maximum absolute atomic E-state index is 4.50. The molecule has 0 aromatic rings. The predicted molar refractivity (Wildman–Crippen MR) is 113 cm³/mol. The summed E-state index contributed by atoms with van der Waals surface area (Å²) in [5.41, 5.74) is 0.297. The number of hydrogen-bond acceptors (Lipinski definition) is 3. The van der Waals surface area contributed by atoms with Crippen molar-refractivity contribution in [3.8, 4) is 0 Å². The molecule has 0 radical (unpaired) electrons. The summed E-state index contributed by atoms with van der Waals surface area (Å²) in [4.78, 5) is 9.76. The SMILES string of the molecule is CN=C(NCC1(N2CCCCC2)CCN(C)CC1)NC(C)CCC(C)C. The van der Waals surface area contributed by atoms with Crippen LogP contribution in [0.1, 0.15) is 65.7 Å². The Morgan fingerprint density at radius 3 is 2.23 bits per heavy atom. The van der Waals surface area contributed by atoms with Crippen molar-refractivity contribution >= 4 is 5.96 Å². The molecule has 2 heterocycles. The lowest BCUT2D eigenvalue weighted by atomic mass is 9.84. The Labute approximate surface area is 162 Å². The average molecular weight is 366 g/mol. The standard InChI is InChI=1S/C21H43N5/c1-18(2)9-10-19(3)24-20(22-4)23-17-21(11-15-25(5)16-12-21)26-13-7-6-8-14-26/h18-19H,6-17H2,1-5H3,(H2,22,23,24). The zero-order chi connectivity index (χ0) is 19.0. The summed E-state index contributed by atoms with van der Waals surface area (Å²) >= 11 is 0. The lowest BCUT2D eigenvalue weighted by molar-refractivity contribution is 0.0173. The van der Waals surface area contributed by atoms with Crippen LogP contribution in [0.25, 0.3) is 0 Å². The molecule has 5 heteroatoms. The van der Waals surface area contributed by atoms with E-state index in [1.54, 1.807) is 0 Å². The van der Waals surface area contributed by atoms with Crippen LogP contribution in [0, 0.1) is 5.92 Å². The van der Waals surface area contributed by atoms with E-state index >= 15 is 0 Å². The number of rotatable bonds is 7. The zero-order valence-corrected chi connectivity index (χ0v) is 18.0. The van der Waals surface area contributed by atoms with Crippen molar-refractivity contribution in [1.82, 2.24) is 20.4 Å². The fraction of sp³-hybridized carbons (Fsp3) is 0.952. The molecule has 2 aliphatic rings. The molecule has 0 saturated carbocycles. The molecule has 152 valence electrons. The van der Waals surface area contributed by atoms with Gasteiger partial charge in [-0.1, -0.05) is 20.3 Å². The Kier molecular flexibility index (Phi) is 8.68. The topological polar surface area (TPSA) is 42.9 Å². The van der Waals surface area contributed by atoms with E-state index in [0.29, 0.717) is 11.6 Å². The van der Waals surface area contributed by atoms with Gasteiger partial charge in [-0.2, -0.15) is 0 Å². The van der Waals surface area contributed by atoms with E-state index in [4.69, 9.17) is 0 Å². The number of hydrogen-bond donors (Lipinski definition) is 2. The second-order valence-electron chi connectivity index (χ2n) is 9.02. The van der Waals surface area contributed by atoms with Gasteiger partial charge in [-0.05, 0) is 84.6 Å². The van der Waals surface area contributed by atoms with Gasteiger partial charge >= 0.3 is 0 Å². The van der Waals surface area contributed by atoms with Crippen LogP contribution in [-0.2, 0) is 0 Å². The van der Waals surface area contributed by atoms with Crippen LogP contribution < -0.4 is 10.6 Å². The number of guanidine groups is 1. The molecule has 0 spiro atoms. The molecule has 0 aromatic heterocycles. The molecular weight excluding hydrogens is 322 g/mol. The maximum Gasteiger partial charge on any atom is 0.191 e. The minimum atomic E-state index is 0.297. The van der Waals surface area contributed by atoms with Gasteiger partial charge in [-0.25, -0.2) is 0 Å². The fourth-order valence-electron chi connectivity index (χ4n) is 4.34. The third kappa shape index (κ3) is 6.41. The number of nitrogens with one attached hydrogen (secondary N) is 2. The third-order valence-corrected chi connectivity index (χ3v) is 6.31. The zero-order valence-electron chi connectivity index (χ0n) is 18.0. The molecule has 26 heavy (non-hydrogen) atoms. The third-order valence-electron chi connectivity index (χ3n) is 6.31. The van der Waals surface area contributed by atoms with Crippen LogP contribution >= 0.6 is 0 Å². The van der Waals surface area contributed by atoms with E-state index in [9.17, 15) is 0 Å². The molecule has 0 amide bonds. The molecule has 2 rings (SSSR count). The maximum atomic E-state index is 4.50. The van der Waals surface area contributed by atoms with Crippen LogP contribution in [0.5, 0.6) is 0 Å². The predicted octanol–water partition coefficient (Wildman–Crippen LogP) is 2.93. The molecule has 1 unspecified atom stereocenters. The van der Waals surface area contributed by atoms with Gasteiger partial charge in [0.25, 0.3) is 0 Å². The highest BCUT2D eigenvalue weighted by atomic mass is 15.3. The molecule has 2 fully saturated rings. The summed E-state index contributed by atoms with van der Waals surface area (Å²) in [5, 5.41) is 7.29. The fourth-order valence-corrected chi connectivity index (χ4v) is 4.34. The largest absolute Gasteiger partial charge is 0.355 e. The van der Waals surface area contributed by atoms with E-state index in [1.807, 2.05) is 7.05 Å². The van der Waals surface area contributed by atoms with Crippen molar-refractivity contribution in [3.05, 3.63) is 0 Å². The quantitative estimate of drug-likeness (QED) is 0.538. The molecule has 0 aliphatic carbocycles. The van der Waals surface area contributed by atoms with E-state index < -0.39 is 0 Å². The highest BCUT2D eigenvalue weighted by Gasteiger charge is 2.39. The number of aliphatic imine (C=N–C) groups is 1. The van der Waals surface area contributed by atoms with Crippen LogP contribution in [-0.4, -0.2) is 74.2 Å². The molecule has 0 bridgehead atoms. The van der Waals surface area contributed by atoms with Gasteiger partial charge < -0.3 is 15.5 Å². The second kappa shape index (κ2) is 10.5. The summed E-state index contributed by atoms with van der Waals surface area (Å²) in [5.74, 6) is 1.73. The van der Waals surface area contributed by atoms with E-state index in [2.05, 4.69) is 53.2 Å². The molecule has 2 saturated heterocycles. The summed E-state index contributed by atoms with van der Waals surface area (Å²) in [7, 11) is 4.15. The van der Waals surface area contributed by atoms with E-state index in [0.717, 1.165) is 18.4 Å². The summed E-state index contributed by atoms with van der Waals surface area (Å²) < 4.78 is 0. The van der Waals surface area contributed by atoms with Gasteiger partial charge in [0.15, 0.2) is 5.96 Å². The second-order valence-corrected chi connectivity index (χ2v) is 9.02. The number of likely N-dealkylation sites (tertiary alicyclic amines) is 2. The Morgan fingerprint density at radius 2 is 1.65 bits per heavy atom. The average Bonchev–Trinajstić information content (AvgIpc) is 2.65. The normalized spacial score (nSPS) is 23.8. The molecular formula is C21H43N5. The smallest absolute Gasteiger partial charge is 0.191 e. The van der Waals surface area contributed by atoms with Crippen LogP contribution in [0.3, 0.4) is 0 Å². The summed E-state index contributed by atoms with van der Waals surface area (Å²) in [6.07, 6.45) is 9.09. The highest BCUT2D eigenvalue weighted by Crippen LogP contribution is 2.30. The summed E-state index contributed by atoms with van der Waals surface area (Å²) in [6.45, 7) is 12.8. The Bertz CT molecular complexity index is 420. The van der Waals surface area contributed by atoms with Crippen molar-refractivity contribution in [2.45, 2.75) is 77.3 Å². The molecule has 5 nitrogen and oxygen atoms in total. The minimum absolute atomic E-state index is 0.297. The van der Waals surface area contributed by atoms with Gasteiger partial charge in [0.2, 0.25) is 0 Å². The van der Waals surface area contributed by atoms with E-state index in [1.165, 1.54) is 71.1 Å². The van der Waals surface area contributed by atoms with Gasteiger partial charge in [0.05, 0.1) is 0 Å². The lowest BCUT2D eigenvalue weighted by Crippen LogP contribution is -2.62. The van der Waals surface area contributed by atoms with Gasteiger partial charge in [0.1, 0.15) is 0 Å². The highest BCUT2D eigenvalue weighted by molar-refractivity contribution is 5.80. The first-order valence-electron chi connectivity index (χ1n) is 10.9. The molecule has 0 aromatic carbocycles. The molecule has 2 aliphatic heterocycles. The van der Waals surface area contributed by atoms with Crippen LogP contribution in [0.2, 0.25) is 0 Å². The van der Waals surface area contributed by atoms with Crippen molar-refractivity contribution < 1.29 is 0 Å². The number of nitrogens with zero attached hydrogens (tertiary/aromatic N) is 3. The van der Waals surface area contributed by atoms with Crippen molar-refractivity contribution in [2.24, 2.45) is 10.9 Å². The molecule has 1 atom stereocenters. The van der Waals surface area contributed by atoms with Crippen molar-refractivity contribution in [1.29, 1.82) is 0 Å². The van der Waals surface area contributed by atoms with Crippen LogP contribution in [0.4, 0.5) is 0 Å². The monoisotopic (exact) mass is 365 g/mol. The van der Waals surface area contributed by atoms with Crippen molar-refractivity contribution in [3.63, 3.8) is 0 Å². The lowest BCUT2D eigenvalue weighted by Gasteiger charge is -2.50. The first-order chi connectivity index (χ1) is 12.4. The summed E-state index contributed by atoms with van der Waals surface area (Å²) in [6, 6.07) is 0.465. The van der Waals surface area contributed by atoms with Gasteiger partial charge in [-0.3, -0.25) is 9.89 Å². The van der Waals surface area contributed by atoms with E-state index in [-0.39, 0.29) is 0 Å². The Balaban J connectivity index is 1.92. The first kappa shape index (κ1) is 21.5. The first-order valence-corrected chi connectivity index (χ1v) is 10.9. The van der Waals surface area contributed by atoms with Gasteiger partial charge in [0, 0.05) is 25.2 Å². The molecule has 2 N–H and O–H groups in total. The van der Waals surface area contributed by atoms with Crippen molar-refractivity contribution in [2.75, 3.05) is 46.8 Å². The van der Waals surface area contributed by atoms with Crippen LogP contribution in [0.15, 0.2) is 4.99 Å².